The molecule has 120 valence electrons. The van der Waals surface area contributed by atoms with Gasteiger partial charge in [0.1, 0.15) is 5.75 Å². The highest BCUT2D eigenvalue weighted by atomic mass is 32.2. The van der Waals surface area contributed by atoms with Crippen LogP contribution in [0.4, 0.5) is 0 Å². The van der Waals surface area contributed by atoms with E-state index in [1.807, 2.05) is 62.6 Å². The second-order valence-electron chi connectivity index (χ2n) is 5.10. The van der Waals surface area contributed by atoms with Gasteiger partial charge in [0.25, 0.3) is 5.91 Å². The molecule has 0 unspecified atom stereocenters. The average molecular weight is 328 g/mol. The van der Waals surface area contributed by atoms with Crippen molar-refractivity contribution in [2.75, 3.05) is 12.9 Å². The molecular weight excluding hydrogens is 308 g/mol. The van der Waals surface area contributed by atoms with Crippen LogP contribution in [0, 0.1) is 13.8 Å². The third-order valence-electron chi connectivity index (χ3n) is 3.37. The van der Waals surface area contributed by atoms with Crippen LogP contribution in [0.2, 0.25) is 0 Å². The third kappa shape index (κ3) is 5.45. The lowest BCUT2D eigenvalue weighted by atomic mass is 10.1. The first-order valence-electron chi connectivity index (χ1n) is 7.24. The highest BCUT2D eigenvalue weighted by Gasteiger charge is 2.02. The zero-order valence-electron chi connectivity index (χ0n) is 13.5. The number of nitrogens with zero attached hydrogens (tertiary/aromatic N) is 1. The number of hydrogen-bond acceptors (Lipinski definition) is 4. The summed E-state index contributed by atoms with van der Waals surface area (Å²) in [6, 6.07) is 13.7. The Hall–Kier alpha value is -2.27. The molecule has 23 heavy (non-hydrogen) atoms. The number of aryl methyl sites for hydroxylation is 2. The van der Waals surface area contributed by atoms with Gasteiger partial charge in [0.15, 0.2) is 6.61 Å². The van der Waals surface area contributed by atoms with E-state index in [1.165, 1.54) is 10.5 Å². The molecule has 0 aliphatic rings. The number of thioether (sulfide) groups is 1. The van der Waals surface area contributed by atoms with Crippen LogP contribution >= 0.6 is 11.8 Å². The minimum absolute atomic E-state index is 0.0642. The molecule has 0 saturated heterocycles. The van der Waals surface area contributed by atoms with Crippen LogP contribution in [0.25, 0.3) is 0 Å². The first-order chi connectivity index (χ1) is 11.1. The number of hydrazone groups is 1. The molecule has 0 heterocycles. The van der Waals surface area contributed by atoms with Crippen LogP contribution < -0.4 is 10.2 Å². The normalized spacial score (nSPS) is 10.7. The van der Waals surface area contributed by atoms with Gasteiger partial charge in [-0.25, -0.2) is 5.43 Å². The first-order valence-corrected chi connectivity index (χ1v) is 8.47. The van der Waals surface area contributed by atoms with E-state index in [0.717, 1.165) is 11.1 Å². The lowest BCUT2D eigenvalue weighted by Crippen LogP contribution is -2.24. The predicted molar refractivity (Wildman–Crippen MR) is 95.4 cm³/mol. The molecule has 2 rings (SSSR count). The molecule has 0 aromatic heterocycles. The van der Waals surface area contributed by atoms with Crippen molar-refractivity contribution in [1.29, 1.82) is 0 Å². The molecule has 0 aliphatic heterocycles. The SMILES string of the molecule is CSc1ccc(/C=N/NC(=O)COc2ccc(C)c(C)c2)cc1. The second-order valence-corrected chi connectivity index (χ2v) is 5.98. The van der Waals surface area contributed by atoms with E-state index in [9.17, 15) is 4.79 Å². The topological polar surface area (TPSA) is 50.7 Å². The molecule has 1 amide bonds. The Morgan fingerprint density at radius 1 is 1.17 bits per heavy atom. The highest BCUT2D eigenvalue weighted by molar-refractivity contribution is 7.98. The molecule has 0 spiro atoms. The summed E-state index contributed by atoms with van der Waals surface area (Å²) in [5.74, 6) is 0.389. The van der Waals surface area contributed by atoms with E-state index in [2.05, 4.69) is 10.5 Å². The standard InChI is InChI=1S/C18H20N2O2S/c1-13-4-7-16(10-14(13)2)22-12-18(21)20-19-11-15-5-8-17(23-3)9-6-15/h4-11H,12H2,1-3H3,(H,20,21)/b19-11+. The highest BCUT2D eigenvalue weighted by Crippen LogP contribution is 2.16. The summed E-state index contributed by atoms with van der Waals surface area (Å²) in [7, 11) is 0. The summed E-state index contributed by atoms with van der Waals surface area (Å²) in [5, 5.41) is 3.93. The van der Waals surface area contributed by atoms with Gasteiger partial charge in [-0.1, -0.05) is 18.2 Å². The quantitative estimate of drug-likeness (QED) is 0.501. The Balaban J connectivity index is 1.79. The minimum Gasteiger partial charge on any atom is -0.484 e. The molecule has 0 aliphatic carbocycles. The number of amides is 1. The van der Waals surface area contributed by atoms with Gasteiger partial charge in [0, 0.05) is 4.90 Å². The zero-order valence-corrected chi connectivity index (χ0v) is 14.3. The lowest BCUT2D eigenvalue weighted by Gasteiger charge is -2.07. The molecule has 0 atom stereocenters. The van der Waals surface area contributed by atoms with Gasteiger partial charge in [0.05, 0.1) is 6.21 Å². The summed E-state index contributed by atoms with van der Waals surface area (Å²) in [5.41, 5.74) is 5.71. The molecular formula is C18H20N2O2S. The number of carbonyl (C=O) groups is 1. The van der Waals surface area contributed by atoms with Gasteiger partial charge in [-0.3, -0.25) is 4.79 Å². The number of ether oxygens (including phenoxy) is 1. The van der Waals surface area contributed by atoms with Crippen LogP contribution in [0.5, 0.6) is 5.75 Å². The Morgan fingerprint density at radius 3 is 2.57 bits per heavy atom. The first kappa shape index (κ1) is 17.1. The van der Waals surface area contributed by atoms with Gasteiger partial charge >= 0.3 is 0 Å². The fraction of sp³-hybridized carbons (Fsp3) is 0.222. The van der Waals surface area contributed by atoms with Crippen LogP contribution in [-0.4, -0.2) is 25.0 Å². The van der Waals surface area contributed by atoms with Crippen molar-refractivity contribution in [2.24, 2.45) is 5.10 Å². The molecule has 2 aromatic rings. The molecule has 0 fully saturated rings. The van der Waals surface area contributed by atoms with Crippen molar-refractivity contribution in [3.05, 3.63) is 59.2 Å². The smallest absolute Gasteiger partial charge is 0.277 e. The molecule has 0 saturated carbocycles. The summed E-state index contributed by atoms with van der Waals surface area (Å²) in [6.45, 7) is 3.98. The van der Waals surface area contributed by atoms with E-state index in [-0.39, 0.29) is 12.5 Å². The van der Waals surface area contributed by atoms with Crippen LogP contribution in [0.1, 0.15) is 16.7 Å². The maximum atomic E-state index is 11.7. The maximum Gasteiger partial charge on any atom is 0.277 e. The van der Waals surface area contributed by atoms with Crippen molar-refractivity contribution in [3.63, 3.8) is 0 Å². The van der Waals surface area contributed by atoms with Gasteiger partial charge in [-0.2, -0.15) is 5.10 Å². The fourth-order valence-electron chi connectivity index (χ4n) is 1.85. The van der Waals surface area contributed by atoms with Crippen LogP contribution in [0.3, 0.4) is 0 Å². The van der Waals surface area contributed by atoms with Gasteiger partial charge < -0.3 is 4.74 Å². The van der Waals surface area contributed by atoms with Crippen molar-refractivity contribution < 1.29 is 9.53 Å². The number of benzene rings is 2. The minimum atomic E-state index is -0.291. The summed E-state index contributed by atoms with van der Waals surface area (Å²) in [6.07, 6.45) is 3.64. The molecule has 2 aromatic carbocycles. The third-order valence-corrected chi connectivity index (χ3v) is 4.11. The second kappa shape index (κ2) is 8.39. The number of nitrogens with one attached hydrogen (secondary N) is 1. The van der Waals surface area contributed by atoms with E-state index < -0.39 is 0 Å². The van der Waals surface area contributed by atoms with Crippen LogP contribution in [-0.2, 0) is 4.79 Å². The van der Waals surface area contributed by atoms with Crippen LogP contribution in [0.15, 0.2) is 52.5 Å². The van der Waals surface area contributed by atoms with Crippen molar-refractivity contribution in [2.45, 2.75) is 18.7 Å². The Morgan fingerprint density at radius 2 is 1.91 bits per heavy atom. The molecule has 4 nitrogen and oxygen atoms in total. The van der Waals surface area contributed by atoms with E-state index in [0.29, 0.717) is 5.75 Å². The molecule has 5 heteroatoms. The fourth-order valence-corrected chi connectivity index (χ4v) is 2.26. The monoisotopic (exact) mass is 328 g/mol. The van der Waals surface area contributed by atoms with Gasteiger partial charge in [0.2, 0.25) is 0 Å². The summed E-state index contributed by atoms with van der Waals surface area (Å²) in [4.78, 5) is 12.9. The molecule has 0 bridgehead atoms. The number of hydrogen-bond donors (Lipinski definition) is 1. The van der Waals surface area contributed by atoms with Crippen molar-refractivity contribution >= 4 is 23.9 Å². The zero-order chi connectivity index (χ0) is 16.7. The Bertz CT molecular complexity index is 697. The summed E-state index contributed by atoms with van der Waals surface area (Å²) >= 11 is 1.68. The number of carbonyl (C=O) groups excluding carboxylic acids is 1. The number of rotatable bonds is 6. The molecule has 1 N–H and O–H groups in total. The van der Waals surface area contributed by atoms with E-state index in [1.54, 1.807) is 18.0 Å². The Kier molecular flexibility index (Phi) is 6.23. The predicted octanol–water partition coefficient (Wildman–Crippen LogP) is 3.55. The van der Waals surface area contributed by atoms with Gasteiger partial charge in [-0.05, 0) is 61.1 Å². The Labute approximate surface area is 140 Å². The van der Waals surface area contributed by atoms with Crippen molar-refractivity contribution in [1.82, 2.24) is 5.43 Å². The van der Waals surface area contributed by atoms with Gasteiger partial charge in [-0.15, -0.1) is 11.8 Å². The summed E-state index contributed by atoms with van der Waals surface area (Å²) < 4.78 is 5.45. The lowest BCUT2D eigenvalue weighted by molar-refractivity contribution is -0.123. The van der Waals surface area contributed by atoms with E-state index >= 15 is 0 Å². The average Bonchev–Trinajstić information content (AvgIpc) is 2.56. The maximum absolute atomic E-state index is 11.7. The van der Waals surface area contributed by atoms with Crippen molar-refractivity contribution in [3.8, 4) is 5.75 Å². The molecule has 0 radical (unpaired) electrons. The largest absolute Gasteiger partial charge is 0.484 e. The van der Waals surface area contributed by atoms with E-state index in [4.69, 9.17) is 4.74 Å².